The molecule has 1 N–H and O–H groups in total. The van der Waals surface area contributed by atoms with Gasteiger partial charge in [-0.05, 0) is 59.8 Å². The van der Waals surface area contributed by atoms with Crippen LogP contribution in [-0.2, 0) is 12.0 Å². The maximum Gasteiger partial charge on any atom is 0.123 e. The normalized spacial score (nSPS) is 18.9. The highest BCUT2D eigenvalue weighted by Crippen LogP contribution is 2.41. The van der Waals surface area contributed by atoms with Crippen LogP contribution in [0.5, 0.6) is 5.75 Å². The third-order valence-corrected chi connectivity index (χ3v) is 7.52. The molecule has 0 radical (unpaired) electrons. The van der Waals surface area contributed by atoms with Crippen LogP contribution in [0.3, 0.4) is 0 Å². The van der Waals surface area contributed by atoms with Crippen LogP contribution in [0.15, 0.2) is 48.5 Å². The summed E-state index contributed by atoms with van der Waals surface area (Å²) in [5, 5.41) is 10.3. The van der Waals surface area contributed by atoms with Crippen molar-refractivity contribution in [3.63, 3.8) is 0 Å². The van der Waals surface area contributed by atoms with Gasteiger partial charge < -0.3 is 9.84 Å². The lowest BCUT2D eigenvalue weighted by atomic mass is 9.77. The first-order valence-corrected chi connectivity index (χ1v) is 13.5. The van der Waals surface area contributed by atoms with E-state index in [1.165, 1.54) is 68.1 Å². The molecule has 2 nitrogen and oxygen atoms in total. The fourth-order valence-corrected chi connectivity index (χ4v) is 5.27. The van der Waals surface area contributed by atoms with E-state index < -0.39 is 0 Å². The fraction of sp³-hybridized carbons (Fsp3) is 0.613. The van der Waals surface area contributed by atoms with Crippen LogP contribution in [0.25, 0.3) is 0 Å². The number of unbranched alkanes of at least 4 members (excludes halogenated alkanes) is 6. The van der Waals surface area contributed by atoms with E-state index in [4.69, 9.17) is 4.74 Å². The zero-order valence-corrected chi connectivity index (χ0v) is 21.3. The van der Waals surface area contributed by atoms with Crippen LogP contribution in [-0.4, -0.2) is 11.2 Å². The molecule has 3 rings (SSSR count). The lowest BCUT2D eigenvalue weighted by Gasteiger charge is -2.30. The van der Waals surface area contributed by atoms with E-state index in [0.717, 1.165) is 31.4 Å². The Morgan fingerprint density at radius 1 is 0.909 bits per heavy atom. The third kappa shape index (κ3) is 8.18. The first-order chi connectivity index (χ1) is 16.0. The number of hydrogen-bond donors (Lipinski definition) is 1. The lowest BCUT2D eigenvalue weighted by molar-refractivity contribution is 0.118. The summed E-state index contributed by atoms with van der Waals surface area (Å²) in [5.74, 6) is 1.41. The van der Waals surface area contributed by atoms with Gasteiger partial charge in [0.1, 0.15) is 12.4 Å². The van der Waals surface area contributed by atoms with Gasteiger partial charge in [-0.1, -0.05) is 115 Å². The SMILES string of the molecule is CCCCCCCCCC(C)(C)c1ccc([C@H]2CCC[C@@H](O)C2)c(OCc2ccccc2)c1. The molecule has 0 amide bonds. The zero-order valence-electron chi connectivity index (χ0n) is 21.3. The second-order valence-corrected chi connectivity index (χ2v) is 10.8. The summed E-state index contributed by atoms with van der Waals surface area (Å²) in [7, 11) is 0. The number of aliphatic hydroxyl groups is 1. The van der Waals surface area contributed by atoms with Gasteiger partial charge in [0.2, 0.25) is 0 Å². The summed E-state index contributed by atoms with van der Waals surface area (Å²) >= 11 is 0. The number of benzene rings is 2. The van der Waals surface area contributed by atoms with E-state index >= 15 is 0 Å². The Hall–Kier alpha value is -1.80. The van der Waals surface area contributed by atoms with Crippen LogP contribution < -0.4 is 4.74 Å². The predicted molar refractivity (Wildman–Crippen MR) is 140 cm³/mol. The first-order valence-electron chi connectivity index (χ1n) is 13.5. The molecular weight excluding hydrogens is 404 g/mol. The topological polar surface area (TPSA) is 29.5 Å². The van der Waals surface area contributed by atoms with E-state index in [0.29, 0.717) is 12.5 Å². The van der Waals surface area contributed by atoms with Crippen molar-refractivity contribution in [1.29, 1.82) is 0 Å². The van der Waals surface area contributed by atoms with Crippen LogP contribution in [0.2, 0.25) is 0 Å². The summed E-state index contributed by atoms with van der Waals surface area (Å²) in [6, 6.07) is 17.4. The van der Waals surface area contributed by atoms with Crippen LogP contribution in [0, 0.1) is 0 Å². The second-order valence-electron chi connectivity index (χ2n) is 10.8. The van der Waals surface area contributed by atoms with Crippen molar-refractivity contribution in [2.45, 2.75) is 122 Å². The Labute approximate surface area is 202 Å². The molecule has 182 valence electrons. The molecule has 1 fully saturated rings. The van der Waals surface area contributed by atoms with Crippen LogP contribution >= 0.6 is 0 Å². The molecule has 33 heavy (non-hydrogen) atoms. The first kappa shape index (κ1) is 25.8. The standard InChI is InChI=1S/C31H46O2/c1-4-5-6-7-8-9-13-21-31(2,3)27-19-20-29(26-17-14-18-28(32)22-26)30(23-27)33-24-25-15-11-10-12-16-25/h10-12,15-16,19-20,23,26,28,32H,4-9,13-14,17-18,21-22,24H2,1-3H3/t26-,28+/m0/s1. The maximum atomic E-state index is 10.3. The van der Waals surface area contributed by atoms with Gasteiger partial charge in [0.25, 0.3) is 0 Å². The summed E-state index contributed by atoms with van der Waals surface area (Å²) < 4.78 is 6.45. The molecule has 2 heteroatoms. The zero-order chi connectivity index (χ0) is 23.5. The van der Waals surface area contributed by atoms with E-state index in [-0.39, 0.29) is 11.5 Å². The summed E-state index contributed by atoms with van der Waals surface area (Å²) in [6.45, 7) is 7.63. The molecule has 1 aliphatic carbocycles. The molecule has 2 aromatic carbocycles. The molecule has 0 bridgehead atoms. The van der Waals surface area contributed by atoms with Crippen molar-refractivity contribution >= 4 is 0 Å². The van der Waals surface area contributed by atoms with Gasteiger partial charge in [-0.2, -0.15) is 0 Å². The molecule has 0 saturated heterocycles. The second kappa shape index (κ2) is 13.2. The molecule has 0 unspecified atom stereocenters. The minimum Gasteiger partial charge on any atom is -0.489 e. The molecule has 2 aromatic rings. The van der Waals surface area contributed by atoms with Crippen molar-refractivity contribution in [2.75, 3.05) is 0 Å². The number of rotatable bonds is 13. The molecular formula is C31H46O2. The summed E-state index contributed by atoms with van der Waals surface area (Å²) in [4.78, 5) is 0. The quantitative estimate of drug-likeness (QED) is 0.309. The van der Waals surface area contributed by atoms with Gasteiger partial charge >= 0.3 is 0 Å². The van der Waals surface area contributed by atoms with E-state index in [9.17, 15) is 5.11 Å². The van der Waals surface area contributed by atoms with Crippen molar-refractivity contribution in [2.24, 2.45) is 0 Å². The maximum absolute atomic E-state index is 10.3. The van der Waals surface area contributed by atoms with Gasteiger partial charge in [0.05, 0.1) is 6.10 Å². The predicted octanol–water partition coefficient (Wildman–Crippen LogP) is 8.70. The smallest absolute Gasteiger partial charge is 0.123 e. The Balaban J connectivity index is 1.69. The average Bonchev–Trinajstić information content (AvgIpc) is 2.82. The monoisotopic (exact) mass is 450 g/mol. The molecule has 2 atom stereocenters. The van der Waals surface area contributed by atoms with Crippen molar-refractivity contribution in [1.82, 2.24) is 0 Å². The molecule has 0 spiro atoms. The fourth-order valence-electron chi connectivity index (χ4n) is 5.27. The van der Waals surface area contributed by atoms with Gasteiger partial charge in [0, 0.05) is 0 Å². The molecule has 0 aromatic heterocycles. The lowest BCUT2D eigenvalue weighted by Crippen LogP contribution is -2.20. The molecule has 0 aliphatic heterocycles. The highest BCUT2D eigenvalue weighted by Gasteiger charge is 2.27. The number of aliphatic hydroxyl groups excluding tert-OH is 1. The minimum atomic E-state index is -0.181. The van der Waals surface area contributed by atoms with Crippen molar-refractivity contribution < 1.29 is 9.84 Å². The van der Waals surface area contributed by atoms with Gasteiger partial charge in [-0.3, -0.25) is 0 Å². The average molecular weight is 451 g/mol. The van der Waals surface area contributed by atoms with E-state index in [1.807, 2.05) is 6.07 Å². The van der Waals surface area contributed by atoms with Crippen LogP contribution in [0.4, 0.5) is 0 Å². The Morgan fingerprint density at radius 2 is 1.64 bits per heavy atom. The van der Waals surface area contributed by atoms with Crippen LogP contribution in [0.1, 0.15) is 120 Å². The Kier molecular flexibility index (Phi) is 10.3. The Bertz CT molecular complexity index is 811. The van der Waals surface area contributed by atoms with Gasteiger partial charge in [-0.15, -0.1) is 0 Å². The molecule has 1 saturated carbocycles. The molecule has 1 aliphatic rings. The number of ether oxygens (including phenoxy) is 1. The largest absolute Gasteiger partial charge is 0.489 e. The number of hydrogen-bond acceptors (Lipinski definition) is 2. The molecule has 0 heterocycles. The highest BCUT2D eigenvalue weighted by molar-refractivity contribution is 5.43. The minimum absolute atomic E-state index is 0.138. The van der Waals surface area contributed by atoms with E-state index in [2.05, 4.69) is 63.2 Å². The summed E-state index contributed by atoms with van der Waals surface area (Å²) in [5.41, 5.74) is 3.98. The third-order valence-electron chi connectivity index (χ3n) is 7.52. The van der Waals surface area contributed by atoms with Crippen molar-refractivity contribution in [3.05, 3.63) is 65.2 Å². The van der Waals surface area contributed by atoms with E-state index in [1.54, 1.807) is 0 Å². The van der Waals surface area contributed by atoms with Gasteiger partial charge in [-0.25, -0.2) is 0 Å². The van der Waals surface area contributed by atoms with Crippen molar-refractivity contribution in [3.8, 4) is 5.75 Å². The highest BCUT2D eigenvalue weighted by atomic mass is 16.5. The van der Waals surface area contributed by atoms with Gasteiger partial charge in [0.15, 0.2) is 0 Å². The Morgan fingerprint density at radius 3 is 2.36 bits per heavy atom. The summed E-state index contributed by atoms with van der Waals surface area (Å²) in [6.07, 6.45) is 14.5.